The van der Waals surface area contributed by atoms with Crippen LogP contribution < -0.4 is 5.73 Å². The second kappa shape index (κ2) is 5.87. The highest BCUT2D eigenvalue weighted by Gasteiger charge is 2.09. The number of hydrogen-bond donors (Lipinski definition) is 1. The standard InChI is InChI=1S/C14H11ClN2OS/c15-12-4-5-14(13(17)7-12)19(18)9-11-3-1-2-10(6-11)8-16/h1-7H,9,17H2. The predicted octanol–water partition coefficient (Wildman–Crippen LogP) is 3.10. The fourth-order valence-electron chi connectivity index (χ4n) is 1.69. The van der Waals surface area contributed by atoms with Crippen LogP contribution in [0.4, 0.5) is 5.69 Å². The molecule has 0 saturated heterocycles. The summed E-state index contributed by atoms with van der Waals surface area (Å²) >= 11 is 5.81. The maximum atomic E-state index is 12.3. The van der Waals surface area contributed by atoms with Crippen molar-refractivity contribution in [3.63, 3.8) is 0 Å². The van der Waals surface area contributed by atoms with Crippen LogP contribution >= 0.6 is 11.6 Å². The molecule has 1 atom stereocenters. The molecule has 1 unspecified atom stereocenters. The Bertz CT molecular complexity index is 679. The fraction of sp³-hybridized carbons (Fsp3) is 0.0714. The Hall–Kier alpha value is -1.83. The van der Waals surface area contributed by atoms with Gasteiger partial charge >= 0.3 is 0 Å². The molecule has 0 aromatic heterocycles. The van der Waals surface area contributed by atoms with Gasteiger partial charge in [-0.3, -0.25) is 4.21 Å². The Morgan fingerprint density at radius 3 is 2.74 bits per heavy atom. The zero-order valence-corrected chi connectivity index (χ0v) is 11.5. The third-order valence-electron chi connectivity index (χ3n) is 2.57. The van der Waals surface area contributed by atoms with Crippen molar-refractivity contribution < 1.29 is 4.21 Å². The third-order valence-corrected chi connectivity index (χ3v) is 4.26. The predicted molar refractivity (Wildman–Crippen MR) is 77.1 cm³/mol. The normalized spacial score (nSPS) is 11.8. The van der Waals surface area contributed by atoms with Crippen molar-refractivity contribution in [1.29, 1.82) is 5.26 Å². The van der Waals surface area contributed by atoms with Crippen molar-refractivity contribution >= 4 is 28.1 Å². The van der Waals surface area contributed by atoms with Gasteiger partial charge in [-0.15, -0.1) is 0 Å². The Kier molecular flexibility index (Phi) is 4.20. The summed E-state index contributed by atoms with van der Waals surface area (Å²) in [6.45, 7) is 0. The molecule has 3 nitrogen and oxygen atoms in total. The minimum Gasteiger partial charge on any atom is -0.398 e. The summed E-state index contributed by atoms with van der Waals surface area (Å²) in [6, 6.07) is 14.0. The van der Waals surface area contributed by atoms with Crippen LogP contribution in [0.3, 0.4) is 0 Å². The highest BCUT2D eigenvalue weighted by atomic mass is 35.5. The van der Waals surface area contributed by atoms with Crippen molar-refractivity contribution in [3.05, 3.63) is 58.6 Å². The molecule has 5 heteroatoms. The molecule has 0 aliphatic heterocycles. The lowest BCUT2D eigenvalue weighted by Gasteiger charge is -2.06. The average Bonchev–Trinajstić information content (AvgIpc) is 2.38. The minimum absolute atomic E-state index is 0.321. The van der Waals surface area contributed by atoms with Gasteiger partial charge in [-0.25, -0.2) is 0 Å². The molecule has 0 amide bonds. The second-order valence-electron chi connectivity index (χ2n) is 3.98. The molecule has 2 aromatic rings. The van der Waals surface area contributed by atoms with Crippen LogP contribution in [0.2, 0.25) is 5.02 Å². The molecule has 0 saturated carbocycles. The van der Waals surface area contributed by atoms with E-state index in [9.17, 15) is 4.21 Å². The number of rotatable bonds is 3. The second-order valence-corrected chi connectivity index (χ2v) is 5.84. The van der Waals surface area contributed by atoms with E-state index < -0.39 is 10.8 Å². The van der Waals surface area contributed by atoms with Crippen molar-refractivity contribution in [1.82, 2.24) is 0 Å². The average molecular weight is 291 g/mol. The summed E-state index contributed by atoms with van der Waals surface area (Å²) in [6.07, 6.45) is 0. The smallest absolute Gasteiger partial charge is 0.0991 e. The van der Waals surface area contributed by atoms with E-state index in [0.29, 0.717) is 26.9 Å². The number of halogens is 1. The number of nitrogens with two attached hydrogens (primary N) is 1. The number of nitrogen functional groups attached to an aromatic ring is 1. The minimum atomic E-state index is -1.26. The maximum Gasteiger partial charge on any atom is 0.0991 e. The van der Waals surface area contributed by atoms with Crippen molar-refractivity contribution in [2.24, 2.45) is 0 Å². The summed E-state index contributed by atoms with van der Waals surface area (Å²) in [7, 11) is -1.26. The van der Waals surface area contributed by atoms with Crippen LogP contribution in [0, 0.1) is 11.3 Å². The quantitative estimate of drug-likeness (QED) is 0.883. The molecule has 2 rings (SSSR count). The monoisotopic (exact) mass is 290 g/mol. The topological polar surface area (TPSA) is 66.9 Å². The van der Waals surface area contributed by atoms with Gasteiger partial charge in [0, 0.05) is 10.7 Å². The van der Waals surface area contributed by atoms with E-state index in [4.69, 9.17) is 22.6 Å². The lowest BCUT2D eigenvalue weighted by atomic mass is 10.2. The van der Waals surface area contributed by atoms with E-state index in [-0.39, 0.29) is 0 Å². The lowest BCUT2D eigenvalue weighted by molar-refractivity contribution is 0.683. The molecule has 19 heavy (non-hydrogen) atoms. The first kappa shape index (κ1) is 13.6. The van der Waals surface area contributed by atoms with Gasteiger partial charge in [0.1, 0.15) is 0 Å². The summed E-state index contributed by atoms with van der Waals surface area (Å²) in [5.41, 5.74) is 7.61. The first-order valence-electron chi connectivity index (χ1n) is 5.52. The highest BCUT2D eigenvalue weighted by Crippen LogP contribution is 2.23. The van der Waals surface area contributed by atoms with Crippen LogP contribution in [0.15, 0.2) is 47.4 Å². The van der Waals surface area contributed by atoms with E-state index in [2.05, 4.69) is 6.07 Å². The van der Waals surface area contributed by atoms with Crippen LogP contribution in [0.25, 0.3) is 0 Å². The Morgan fingerprint density at radius 1 is 1.26 bits per heavy atom. The van der Waals surface area contributed by atoms with E-state index in [1.54, 1.807) is 36.4 Å². The molecule has 0 spiro atoms. The molecule has 0 aliphatic rings. The van der Waals surface area contributed by atoms with Gasteiger partial charge in [0.05, 0.1) is 33.1 Å². The van der Waals surface area contributed by atoms with Crippen molar-refractivity contribution in [3.8, 4) is 6.07 Å². The Labute approximate surface area is 119 Å². The molecule has 0 bridgehead atoms. The molecule has 96 valence electrons. The van der Waals surface area contributed by atoms with E-state index in [0.717, 1.165) is 5.56 Å². The number of anilines is 1. The van der Waals surface area contributed by atoms with Gasteiger partial charge in [0.2, 0.25) is 0 Å². The maximum absolute atomic E-state index is 12.3. The first-order chi connectivity index (χ1) is 9.10. The zero-order chi connectivity index (χ0) is 13.8. The van der Waals surface area contributed by atoms with E-state index in [1.165, 1.54) is 0 Å². The summed E-state index contributed by atoms with van der Waals surface area (Å²) in [5, 5.41) is 9.35. The van der Waals surface area contributed by atoms with E-state index >= 15 is 0 Å². The Balaban J connectivity index is 2.23. The van der Waals surface area contributed by atoms with Gasteiger partial charge in [-0.05, 0) is 35.9 Å². The first-order valence-corrected chi connectivity index (χ1v) is 7.22. The molecule has 2 N–H and O–H groups in total. The number of nitrogens with zero attached hydrogens (tertiary/aromatic N) is 1. The summed E-state index contributed by atoms with van der Waals surface area (Å²) in [4.78, 5) is 0.562. The fourth-order valence-corrected chi connectivity index (χ4v) is 3.05. The summed E-state index contributed by atoms with van der Waals surface area (Å²) < 4.78 is 12.3. The highest BCUT2D eigenvalue weighted by molar-refractivity contribution is 7.84. The number of nitriles is 1. The number of benzene rings is 2. The molecular formula is C14H11ClN2OS. The molecule has 0 aliphatic carbocycles. The van der Waals surface area contributed by atoms with Gasteiger partial charge in [0.15, 0.2) is 0 Å². The van der Waals surface area contributed by atoms with Crippen LogP contribution in [0.5, 0.6) is 0 Å². The van der Waals surface area contributed by atoms with Crippen LogP contribution in [0.1, 0.15) is 11.1 Å². The van der Waals surface area contributed by atoms with Crippen molar-refractivity contribution in [2.75, 3.05) is 5.73 Å². The third kappa shape index (κ3) is 3.34. The van der Waals surface area contributed by atoms with Crippen molar-refractivity contribution in [2.45, 2.75) is 10.6 Å². The molecule has 0 radical (unpaired) electrons. The van der Waals surface area contributed by atoms with Crippen LogP contribution in [-0.2, 0) is 16.6 Å². The van der Waals surface area contributed by atoms with Crippen LogP contribution in [-0.4, -0.2) is 4.21 Å². The summed E-state index contributed by atoms with van der Waals surface area (Å²) in [5.74, 6) is 0.321. The zero-order valence-electron chi connectivity index (χ0n) is 9.97. The number of hydrogen-bond acceptors (Lipinski definition) is 3. The van der Waals surface area contributed by atoms with Gasteiger partial charge in [-0.1, -0.05) is 23.7 Å². The van der Waals surface area contributed by atoms with Gasteiger partial charge in [-0.2, -0.15) is 5.26 Å². The van der Waals surface area contributed by atoms with Gasteiger partial charge < -0.3 is 5.73 Å². The van der Waals surface area contributed by atoms with E-state index in [1.807, 2.05) is 6.07 Å². The lowest BCUT2D eigenvalue weighted by Crippen LogP contribution is -2.01. The molecule has 0 heterocycles. The largest absolute Gasteiger partial charge is 0.398 e. The Morgan fingerprint density at radius 2 is 2.05 bits per heavy atom. The molecule has 0 fully saturated rings. The molecule has 2 aromatic carbocycles. The molecular weight excluding hydrogens is 280 g/mol. The van der Waals surface area contributed by atoms with Gasteiger partial charge in [0.25, 0.3) is 0 Å². The SMILES string of the molecule is N#Cc1cccc(CS(=O)c2ccc(Cl)cc2N)c1.